The SMILES string of the molecule is O=C(NC1CCCCCC1)C1CN(C(=O)c2ccco2)Cc2cccnc21. The molecule has 6 heteroatoms. The molecule has 142 valence electrons. The molecule has 1 fully saturated rings. The highest BCUT2D eigenvalue weighted by Gasteiger charge is 2.35. The van der Waals surface area contributed by atoms with Crippen LogP contribution in [-0.2, 0) is 11.3 Å². The Balaban J connectivity index is 1.54. The molecule has 2 amide bonds. The van der Waals surface area contributed by atoms with Gasteiger partial charge in [0.15, 0.2) is 5.76 Å². The van der Waals surface area contributed by atoms with Gasteiger partial charge in [0.25, 0.3) is 5.91 Å². The first-order valence-electron chi connectivity index (χ1n) is 9.79. The van der Waals surface area contributed by atoms with Crippen LogP contribution in [0.1, 0.15) is 66.3 Å². The van der Waals surface area contributed by atoms with Crippen molar-refractivity contribution >= 4 is 11.8 Å². The molecule has 0 saturated heterocycles. The van der Waals surface area contributed by atoms with E-state index in [4.69, 9.17) is 4.42 Å². The summed E-state index contributed by atoms with van der Waals surface area (Å²) in [6, 6.07) is 7.36. The second kappa shape index (κ2) is 7.94. The Hall–Kier alpha value is -2.63. The number of aromatic nitrogens is 1. The molecule has 0 aromatic carbocycles. The molecule has 0 spiro atoms. The zero-order valence-electron chi connectivity index (χ0n) is 15.4. The van der Waals surface area contributed by atoms with Crippen molar-refractivity contribution in [3.8, 4) is 0 Å². The molecule has 2 aromatic heterocycles. The van der Waals surface area contributed by atoms with Gasteiger partial charge in [0.1, 0.15) is 0 Å². The fourth-order valence-corrected chi connectivity index (χ4v) is 4.12. The Morgan fingerprint density at radius 2 is 1.93 bits per heavy atom. The molecule has 1 aliphatic heterocycles. The first kappa shape index (κ1) is 17.8. The molecule has 2 aliphatic rings. The van der Waals surface area contributed by atoms with Crippen LogP contribution in [0.2, 0.25) is 0 Å². The van der Waals surface area contributed by atoms with Gasteiger partial charge in [-0.3, -0.25) is 14.6 Å². The number of hydrogen-bond acceptors (Lipinski definition) is 4. The predicted molar refractivity (Wildman–Crippen MR) is 100 cm³/mol. The smallest absolute Gasteiger partial charge is 0.289 e. The average molecular weight is 367 g/mol. The van der Waals surface area contributed by atoms with E-state index in [2.05, 4.69) is 10.3 Å². The summed E-state index contributed by atoms with van der Waals surface area (Å²) < 4.78 is 5.26. The molecule has 1 unspecified atom stereocenters. The lowest BCUT2D eigenvalue weighted by atomic mass is 9.93. The highest BCUT2D eigenvalue weighted by molar-refractivity contribution is 5.93. The van der Waals surface area contributed by atoms with Crippen LogP contribution in [0.5, 0.6) is 0 Å². The van der Waals surface area contributed by atoms with Crippen molar-refractivity contribution in [2.75, 3.05) is 6.54 Å². The van der Waals surface area contributed by atoms with Crippen molar-refractivity contribution in [3.05, 3.63) is 53.7 Å². The quantitative estimate of drug-likeness (QED) is 0.845. The third-order valence-electron chi connectivity index (χ3n) is 5.56. The Labute approximate surface area is 159 Å². The highest BCUT2D eigenvalue weighted by Crippen LogP contribution is 2.28. The summed E-state index contributed by atoms with van der Waals surface area (Å²) >= 11 is 0. The van der Waals surface area contributed by atoms with Crippen LogP contribution in [0.15, 0.2) is 41.1 Å². The van der Waals surface area contributed by atoms with E-state index in [1.807, 2.05) is 12.1 Å². The van der Waals surface area contributed by atoms with Crippen molar-refractivity contribution in [2.45, 2.75) is 57.0 Å². The van der Waals surface area contributed by atoms with Gasteiger partial charge >= 0.3 is 0 Å². The van der Waals surface area contributed by atoms with Gasteiger partial charge in [-0.1, -0.05) is 31.7 Å². The molecule has 0 radical (unpaired) electrons. The minimum Gasteiger partial charge on any atom is -0.459 e. The maximum atomic E-state index is 13.1. The van der Waals surface area contributed by atoms with Crippen molar-refractivity contribution in [3.63, 3.8) is 0 Å². The van der Waals surface area contributed by atoms with Crippen molar-refractivity contribution < 1.29 is 14.0 Å². The minimum absolute atomic E-state index is 0.0289. The second-order valence-electron chi connectivity index (χ2n) is 7.46. The van der Waals surface area contributed by atoms with E-state index in [9.17, 15) is 9.59 Å². The Kier molecular flexibility index (Phi) is 5.23. The Morgan fingerprint density at radius 3 is 2.67 bits per heavy atom. The topological polar surface area (TPSA) is 75.4 Å². The number of amides is 2. The van der Waals surface area contributed by atoms with E-state index < -0.39 is 5.92 Å². The summed E-state index contributed by atoms with van der Waals surface area (Å²) in [5.41, 5.74) is 1.71. The molecular weight excluding hydrogens is 342 g/mol. The summed E-state index contributed by atoms with van der Waals surface area (Å²) in [5, 5.41) is 3.22. The number of carbonyl (C=O) groups excluding carboxylic acids is 2. The lowest BCUT2D eigenvalue weighted by Gasteiger charge is -2.33. The number of carbonyl (C=O) groups is 2. The maximum Gasteiger partial charge on any atom is 0.289 e. The van der Waals surface area contributed by atoms with E-state index in [0.717, 1.165) is 36.9 Å². The van der Waals surface area contributed by atoms with Crippen LogP contribution in [0.25, 0.3) is 0 Å². The Bertz CT molecular complexity index is 795. The Morgan fingerprint density at radius 1 is 1.11 bits per heavy atom. The molecule has 27 heavy (non-hydrogen) atoms. The van der Waals surface area contributed by atoms with E-state index in [1.165, 1.54) is 19.1 Å². The van der Waals surface area contributed by atoms with Gasteiger partial charge in [-0.15, -0.1) is 0 Å². The summed E-state index contributed by atoms with van der Waals surface area (Å²) in [4.78, 5) is 32.0. The van der Waals surface area contributed by atoms with Gasteiger partial charge in [0.2, 0.25) is 5.91 Å². The van der Waals surface area contributed by atoms with Crippen LogP contribution in [-0.4, -0.2) is 34.3 Å². The number of pyridine rings is 1. The molecule has 6 nitrogen and oxygen atoms in total. The molecule has 1 atom stereocenters. The first-order valence-corrected chi connectivity index (χ1v) is 9.79. The van der Waals surface area contributed by atoms with Crippen molar-refractivity contribution in [1.29, 1.82) is 0 Å². The molecule has 4 rings (SSSR count). The molecular formula is C21H25N3O3. The summed E-state index contributed by atoms with van der Waals surface area (Å²) in [6.07, 6.45) is 10.1. The van der Waals surface area contributed by atoms with Gasteiger partial charge in [0, 0.05) is 25.3 Å². The lowest BCUT2D eigenvalue weighted by molar-refractivity contribution is -0.124. The zero-order valence-corrected chi connectivity index (χ0v) is 15.4. The van der Waals surface area contributed by atoms with E-state index in [0.29, 0.717) is 18.8 Å². The van der Waals surface area contributed by atoms with Crippen LogP contribution in [0, 0.1) is 0 Å². The molecule has 2 aromatic rings. The highest BCUT2D eigenvalue weighted by atomic mass is 16.3. The number of hydrogen-bond donors (Lipinski definition) is 1. The number of furan rings is 1. The minimum atomic E-state index is -0.447. The van der Waals surface area contributed by atoms with Crippen molar-refractivity contribution in [2.24, 2.45) is 0 Å². The summed E-state index contributed by atoms with van der Waals surface area (Å²) in [7, 11) is 0. The molecule has 0 bridgehead atoms. The fraction of sp³-hybridized carbons (Fsp3) is 0.476. The monoisotopic (exact) mass is 367 g/mol. The lowest BCUT2D eigenvalue weighted by Crippen LogP contribution is -2.46. The predicted octanol–water partition coefficient (Wildman–Crippen LogP) is 3.25. The number of rotatable bonds is 3. The average Bonchev–Trinajstić information content (AvgIpc) is 3.12. The van der Waals surface area contributed by atoms with Crippen LogP contribution < -0.4 is 5.32 Å². The van der Waals surface area contributed by atoms with Crippen LogP contribution >= 0.6 is 0 Å². The third-order valence-corrected chi connectivity index (χ3v) is 5.56. The van der Waals surface area contributed by atoms with Crippen molar-refractivity contribution in [1.82, 2.24) is 15.2 Å². The van der Waals surface area contributed by atoms with Crippen LogP contribution in [0.4, 0.5) is 0 Å². The fourth-order valence-electron chi connectivity index (χ4n) is 4.12. The zero-order chi connectivity index (χ0) is 18.6. The first-order chi connectivity index (χ1) is 13.2. The standard InChI is InChI=1S/C21H25N3O3/c25-20(23-16-8-3-1-2-4-9-16)17-14-24(21(26)18-10-6-12-27-18)13-15-7-5-11-22-19(15)17/h5-7,10-12,16-17H,1-4,8-9,13-14H2,(H,23,25). The van der Waals surface area contributed by atoms with Gasteiger partial charge < -0.3 is 14.6 Å². The molecule has 3 heterocycles. The number of fused-ring (bicyclic) bond motifs is 1. The normalized spacial score (nSPS) is 20.6. The molecule has 1 N–H and O–H groups in total. The molecule has 1 aliphatic carbocycles. The maximum absolute atomic E-state index is 13.1. The summed E-state index contributed by atoms with van der Waals surface area (Å²) in [6.45, 7) is 0.762. The van der Waals surface area contributed by atoms with Gasteiger partial charge in [-0.2, -0.15) is 0 Å². The van der Waals surface area contributed by atoms with E-state index in [-0.39, 0.29) is 17.9 Å². The third kappa shape index (κ3) is 3.89. The van der Waals surface area contributed by atoms with Crippen LogP contribution in [0.3, 0.4) is 0 Å². The van der Waals surface area contributed by atoms with E-state index >= 15 is 0 Å². The second-order valence-corrected chi connectivity index (χ2v) is 7.46. The number of nitrogens with zero attached hydrogens (tertiary/aromatic N) is 2. The molecule has 1 saturated carbocycles. The summed E-state index contributed by atoms with van der Waals surface area (Å²) in [5.74, 6) is -0.372. The van der Waals surface area contributed by atoms with Gasteiger partial charge in [-0.05, 0) is 36.6 Å². The number of nitrogens with one attached hydrogen (secondary N) is 1. The van der Waals surface area contributed by atoms with E-state index in [1.54, 1.807) is 23.2 Å². The largest absolute Gasteiger partial charge is 0.459 e. The van der Waals surface area contributed by atoms with Gasteiger partial charge in [-0.25, -0.2) is 0 Å². The van der Waals surface area contributed by atoms with Gasteiger partial charge in [0.05, 0.1) is 17.9 Å².